The molecule has 1 amide bonds. The monoisotopic (exact) mass is 266 g/mol. The fraction of sp³-hybridized carbons (Fsp3) is 0. The molecule has 20 heavy (non-hydrogen) atoms. The van der Waals surface area contributed by atoms with E-state index in [2.05, 4.69) is 25.5 Å². The van der Waals surface area contributed by atoms with E-state index in [-0.39, 0.29) is 11.6 Å². The number of carbonyl (C=O) groups excluding carboxylic acids is 1. The Hall–Kier alpha value is -3.09. The van der Waals surface area contributed by atoms with Crippen molar-refractivity contribution < 1.29 is 4.79 Å². The van der Waals surface area contributed by atoms with E-state index < -0.39 is 5.91 Å². The number of nitrogens with two attached hydrogens (primary N) is 1. The summed E-state index contributed by atoms with van der Waals surface area (Å²) in [6.07, 6.45) is 2.85. The summed E-state index contributed by atoms with van der Waals surface area (Å²) in [5.41, 5.74) is 6.06. The van der Waals surface area contributed by atoms with Gasteiger partial charge < -0.3 is 5.73 Å². The molecule has 0 fully saturated rings. The molecule has 0 saturated carbocycles. The maximum atomic E-state index is 12.1. The van der Waals surface area contributed by atoms with Crippen molar-refractivity contribution in [2.75, 3.05) is 11.1 Å². The molecular weight excluding hydrogens is 256 g/mol. The molecule has 7 heteroatoms. The van der Waals surface area contributed by atoms with Gasteiger partial charge in [-0.3, -0.25) is 10.1 Å². The number of amides is 1. The smallest absolute Gasteiger partial charge is 0.276 e. The molecule has 98 valence electrons. The molecule has 3 N–H and O–H groups in total. The van der Waals surface area contributed by atoms with E-state index in [9.17, 15) is 4.79 Å². The number of nitrogen functional groups attached to an aromatic ring is 1. The van der Waals surface area contributed by atoms with Crippen molar-refractivity contribution in [3.63, 3.8) is 0 Å². The Morgan fingerprint density at radius 3 is 2.85 bits per heavy atom. The van der Waals surface area contributed by atoms with E-state index in [0.717, 1.165) is 10.8 Å². The molecule has 2 heterocycles. The molecule has 3 aromatic rings. The van der Waals surface area contributed by atoms with E-state index >= 15 is 0 Å². The molecule has 0 unspecified atom stereocenters. The summed E-state index contributed by atoms with van der Waals surface area (Å²) in [7, 11) is 0. The molecule has 0 radical (unpaired) electrons. The molecular formula is C13H10N6O. The van der Waals surface area contributed by atoms with Crippen LogP contribution >= 0.6 is 0 Å². The summed E-state index contributed by atoms with van der Waals surface area (Å²) in [6.45, 7) is 0. The number of nitrogens with zero attached hydrogens (tertiary/aromatic N) is 4. The van der Waals surface area contributed by atoms with Crippen LogP contribution < -0.4 is 11.1 Å². The van der Waals surface area contributed by atoms with Gasteiger partial charge in [-0.2, -0.15) is 5.10 Å². The lowest BCUT2D eigenvalue weighted by atomic mass is 10.1. The molecule has 0 aliphatic heterocycles. The molecule has 0 bridgehead atoms. The molecule has 3 rings (SSSR count). The highest BCUT2D eigenvalue weighted by molar-refractivity contribution is 6.05. The molecule has 7 nitrogen and oxygen atoms in total. The number of pyridine rings is 1. The van der Waals surface area contributed by atoms with Crippen LogP contribution in [-0.4, -0.2) is 26.1 Å². The fourth-order valence-electron chi connectivity index (χ4n) is 1.81. The Morgan fingerprint density at radius 2 is 2.05 bits per heavy atom. The third-order valence-corrected chi connectivity index (χ3v) is 2.71. The van der Waals surface area contributed by atoms with Gasteiger partial charge >= 0.3 is 0 Å². The summed E-state index contributed by atoms with van der Waals surface area (Å²) >= 11 is 0. The predicted molar refractivity (Wildman–Crippen MR) is 73.9 cm³/mol. The van der Waals surface area contributed by atoms with Gasteiger partial charge in [-0.05, 0) is 11.5 Å². The van der Waals surface area contributed by atoms with E-state index in [1.54, 1.807) is 6.07 Å². The van der Waals surface area contributed by atoms with Crippen molar-refractivity contribution in [3.8, 4) is 0 Å². The van der Waals surface area contributed by atoms with Crippen LogP contribution in [0.25, 0.3) is 10.8 Å². The van der Waals surface area contributed by atoms with E-state index in [4.69, 9.17) is 5.73 Å². The Bertz CT molecular complexity index is 774. The number of fused-ring (bicyclic) bond motifs is 1. The lowest BCUT2D eigenvalue weighted by Crippen LogP contribution is -2.16. The Labute approximate surface area is 113 Å². The summed E-state index contributed by atoms with van der Waals surface area (Å²) < 4.78 is 0. The van der Waals surface area contributed by atoms with Gasteiger partial charge in [0, 0.05) is 5.39 Å². The lowest BCUT2D eigenvalue weighted by Gasteiger charge is -2.06. The van der Waals surface area contributed by atoms with Crippen LogP contribution in [0.4, 0.5) is 11.8 Å². The van der Waals surface area contributed by atoms with Crippen LogP contribution in [0.3, 0.4) is 0 Å². The number of anilines is 2. The van der Waals surface area contributed by atoms with Crippen LogP contribution in [0.2, 0.25) is 0 Å². The first-order valence-electron chi connectivity index (χ1n) is 5.84. The Balaban J connectivity index is 1.96. The second kappa shape index (κ2) is 4.88. The van der Waals surface area contributed by atoms with Crippen LogP contribution in [0, 0.1) is 0 Å². The molecule has 0 atom stereocenters. The van der Waals surface area contributed by atoms with Gasteiger partial charge in [-0.25, -0.2) is 9.97 Å². The average molecular weight is 266 g/mol. The maximum Gasteiger partial charge on any atom is 0.276 e. The van der Waals surface area contributed by atoms with Gasteiger partial charge in [0.15, 0.2) is 0 Å². The number of hydrogen-bond acceptors (Lipinski definition) is 6. The van der Waals surface area contributed by atoms with Crippen molar-refractivity contribution in [1.29, 1.82) is 0 Å². The van der Waals surface area contributed by atoms with Gasteiger partial charge in [0.05, 0.1) is 12.4 Å². The van der Waals surface area contributed by atoms with Gasteiger partial charge in [-0.15, -0.1) is 5.10 Å². The molecule has 0 spiro atoms. The largest absolute Gasteiger partial charge is 0.383 e. The molecule has 1 aromatic carbocycles. The number of nitrogens with one attached hydrogen (secondary N) is 1. The first-order valence-corrected chi connectivity index (χ1v) is 5.84. The topological polar surface area (TPSA) is 107 Å². The minimum absolute atomic E-state index is 0.117. The second-order valence-corrected chi connectivity index (χ2v) is 4.03. The quantitative estimate of drug-likeness (QED) is 0.723. The summed E-state index contributed by atoms with van der Waals surface area (Å²) in [5, 5.41) is 11.5. The average Bonchev–Trinajstić information content (AvgIpc) is 2.48. The number of hydrogen-bond donors (Lipinski definition) is 2. The zero-order valence-electron chi connectivity index (χ0n) is 10.3. The van der Waals surface area contributed by atoms with E-state index in [1.165, 1.54) is 12.4 Å². The number of rotatable bonds is 2. The fourth-order valence-corrected chi connectivity index (χ4v) is 1.81. The zero-order chi connectivity index (χ0) is 13.9. The Kier molecular flexibility index (Phi) is 2.92. The zero-order valence-corrected chi connectivity index (χ0v) is 10.3. The summed E-state index contributed by atoms with van der Waals surface area (Å²) in [5.74, 6) is -0.0122. The number of aromatic nitrogens is 4. The van der Waals surface area contributed by atoms with Gasteiger partial charge in [0.1, 0.15) is 11.5 Å². The highest BCUT2D eigenvalue weighted by Crippen LogP contribution is 2.20. The highest BCUT2D eigenvalue weighted by atomic mass is 16.2. The number of benzene rings is 1. The van der Waals surface area contributed by atoms with Crippen LogP contribution in [-0.2, 0) is 0 Å². The third kappa shape index (κ3) is 2.24. The van der Waals surface area contributed by atoms with Gasteiger partial charge in [0.2, 0.25) is 5.95 Å². The molecule has 2 aromatic heterocycles. The van der Waals surface area contributed by atoms with Crippen molar-refractivity contribution in [2.24, 2.45) is 0 Å². The van der Waals surface area contributed by atoms with Crippen molar-refractivity contribution in [2.45, 2.75) is 0 Å². The van der Waals surface area contributed by atoms with Crippen LogP contribution in [0.1, 0.15) is 10.5 Å². The van der Waals surface area contributed by atoms with Crippen molar-refractivity contribution in [1.82, 2.24) is 20.2 Å². The van der Waals surface area contributed by atoms with Gasteiger partial charge in [-0.1, -0.05) is 24.3 Å². The lowest BCUT2D eigenvalue weighted by molar-refractivity contribution is 0.102. The first kappa shape index (κ1) is 12.0. The molecule has 0 aliphatic carbocycles. The maximum absolute atomic E-state index is 12.1. The van der Waals surface area contributed by atoms with Crippen LogP contribution in [0.15, 0.2) is 42.7 Å². The predicted octanol–water partition coefficient (Wildman–Crippen LogP) is 1.25. The number of carbonyl (C=O) groups is 1. The normalized spacial score (nSPS) is 10.4. The molecule has 0 saturated heterocycles. The second-order valence-electron chi connectivity index (χ2n) is 4.03. The minimum Gasteiger partial charge on any atom is -0.383 e. The van der Waals surface area contributed by atoms with E-state index in [1.807, 2.05) is 24.3 Å². The molecule has 0 aliphatic rings. The van der Waals surface area contributed by atoms with E-state index in [0.29, 0.717) is 5.82 Å². The van der Waals surface area contributed by atoms with Gasteiger partial charge in [0.25, 0.3) is 5.91 Å². The third-order valence-electron chi connectivity index (χ3n) is 2.71. The summed E-state index contributed by atoms with van der Waals surface area (Å²) in [6, 6.07) is 9.11. The van der Waals surface area contributed by atoms with Crippen molar-refractivity contribution in [3.05, 3.63) is 48.4 Å². The standard InChI is InChI=1S/C13H10N6O/c14-11-9-4-2-1-3-8(9)7-10(17-11)12(20)18-13-15-5-6-16-19-13/h1-7H,(H2,14,17)(H,15,18,19,20). The highest BCUT2D eigenvalue weighted by Gasteiger charge is 2.12. The minimum atomic E-state index is -0.435. The Morgan fingerprint density at radius 1 is 1.20 bits per heavy atom. The van der Waals surface area contributed by atoms with Crippen LogP contribution in [0.5, 0.6) is 0 Å². The SMILES string of the molecule is Nc1nc(C(=O)Nc2nccnn2)cc2ccccc12. The first-order chi connectivity index (χ1) is 9.74. The summed E-state index contributed by atoms with van der Waals surface area (Å²) in [4.78, 5) is 20.0. The van der Waals surface area contributed by atoms with Crippen molar-refractivity contribution >= 4 is 28.4 Å².